The number of ether oxygens (including phenoxy) is 13. The van der Waals surface area contributed by atoms with Gasteiger partial charge in [-0.1, -0.05) is 0 Å². The lowest BCUT2D eigenvalue weighted by Crippen LogP contribution is -2.69. The van der Waals surface area contributed by atoms with Crippen LogP contribution in [0, 0.1) is 0 Å². The summed E-state index contributed by atoms with van der Waals surface area (Å²) in [6.07, 6.45) is -58.8. The van der Waals surface area contributed by atoms with Crippen LogP contribution < -0.4 is 0 Å². The van der Waals surface area contributed by atoms with Gasteiger partial charge in [0.2, 0.25) is 0 Å². The predicted molar refractivity (Wildman–Crippen MR) is 201 cm³/mol. The molecule has 30 atom stereocenters. The third-order valence-corrected chi connectivity index (χ3v) is 12.9. The Kier molecular flexibility index (Phi) is 18.3. The molecule has 0 aromatic heterocycles. The number of hydrogen-bond acceptors (Lipinski definition) is 31. The van der Waals surface area contributed by atoms with Crippen LogP contribution >= 0.6 is 0 Å². The molecule has 0 aromatic rings. The number of hydrogen-bond donors (Lipinski definition) is 17. The maximum Gasteiger partial charge on any atom is 0.293 e. The molecule has 68 heavy (non-hydrogen) atoms. The molecule has 31 nitrogen and oxygen atoms in total. The molecule has 0 unspecified atom stereocenters. The van der Waals surface area contributed by atoms with Crippen molar-refractivity contribution >= 4 is 6.47 Å². The van der Waals surface area contributed by atoms with Gasteiger partial charge in [-0.15, -0.1) is 0 Å². The molecule has 17 N–H and O–H groups in total. The fourth-order valence-electron chi connectivity index (χ4n) is 9.13. The van der Waals surface area contributed by atoms with Gasteiger partial charge in [0.15, 0.2) is 43.8 Å². The van der Waals surface area contributed by atoms with Crippen LogP contribution in [0.25, 0.3) is 0 Å². The maximum atomic E-state index is 11.7. The highest BCUT2D eigenvalue weighted by Gasteiger charge is 2.59. The average Bonchev–Trinajstić information content (AvgIpc) is 3.33. The Morgan fingerprint density at radius 3 is 0.676 bits per heavy atom. The lowest BCUT2D eigenvalue weighted by molar-refractivity contribution is -0.403. The molecule has 0 spiro atoms. The minimum atomic E-state index is -2.18. The summed E-state index contributed by atoms with van der Waals surface area (Å²) in [5, 5.41) is 185. The molecule has 0 aromatic carbocycles. The van der Waals surface area contributed by atoms with E-state index in [2.05, 4.69) is 0 Å². The van der Waals surface area contributed by atoms with E-state index in [0.717, 1.165) is 0 Å². The SMILES string of the molecule is O=CO[C@@H]1[C@@H](O)[C@H]2O[C@H]3[C@H](O)[C@@H](O)[C@@H](O[C@H]4[C@H](O)[C@@H](O)[C@@H](O[C@H]5[C@H](O)[C@@H](O)[C@@H](O[C@H]6[C@H](O)[C@@H](O)[C@@H](O[C@H]7[C@H](O)[C@@H](O)[C@@H](O[C@H]1[C@@H](CO)O2)O[C@@H]7CO)O[C@@H]6CO)O[C@@H]5CO)O[C@@H]4CO)O[C@@H]3CO. The number of aliphatic hydroxyl groups is 17. The summed E-state index contributed by atoms with van der Waals surface area (Å²) in [5.74, 6) is 0. The smallest absolute Gasteiger partial charge is 0.293 e. The van der Waals surface area contributed by atoms with Gasteiger partial charge in [-0.25, -0.2) is 0 Å². The van der Waals surface area contributed by atoms with E-state index in [1.54, 1.807) is 0 Å². The second kappa shape index (κ2) is 23.0. The van der Waals surface area contributed by atoms with Gasteiger partial charge in [-0.2, -0.15) is 0 Å². The standard InChI is InChI=1S/C37H60O31/c38-1-8-25-14(45)19(50)32(57-8)64-26-9(2-39)59-34(21(52)16(26)47)66-28-11(4-41)61-36(23(54)18(28)49)68-30-13(6-43)62-37(24(55)31(30)56-7-44)67-29-12(5-42)60-35(22(53)17(29)48)65-27-10(3-40)58-33(63-25)20(51)15(27)46/h7-43,45-55H,1-6H2/t8-,9-,10-,11-,12-,13-,14-,15-,16-,17-,18-,19-,20-,21-,22-,23-,24-,25-,26-,27-,28-,29-,30+,31-,32-,33-,34-,35-,36-,37-/m1/s1. The summed E-state index contributed by atoms with van der Waals surface area (Å²) >= 11 is 0. The zero-order valence-electron chi connectivity index (χ0n) is 35.5. The molecule has 394 valence electrons. The Bertz CT molecular complexity index is 1580. The van der Waals surface area contributed by atoms with Crippen molar-refractivity contribution in [3.63, 3.8) is 0 Å². The molecular weight excluding hydrogens is 940 g/mol. The molecule has 22 saturated heterocycles. The van der Waals surface area contributed by atoms with E-state index in [0.29, 0.717) is 0 Å². The third-order valence-electron chi connectivity index (χ3n) is 12.9. The van der Waals surface area contributed by atoms with Gasteiger partial charge in [-0.3, -0.25) is 4.79 Å². The molecule has 22 aliphatic heterocycles. The fourth-order valence-corrected chi connectivity index (χ4v) is 9.13. The summed E-state index contributed by atoms with van der Waals surface area (Å²) in [6, 6.07) is 0. The quantitative estimate of drug-likeness (QED) is 0.100. The van der Waals surface area contributed by atoms with E-state index in [-0.39, 0.29) is 6.47 Å². The fraction of sp³-hybridized carbons (Fsp3) is 0.973. The lowest BCUT2D eigenvalue weighted by atomic mass is 9.94. The first kappa shape index (κ1) is 54.1. The van der Waals surface area contributed by atoms with Gasteiger partial charge in [0, 0.05) is 0 Å². The Morgan fingerprint density at radius 1 is 0.279 bits per heavy atom. The second-order valence-electron chi connectivity index (χ2n) is 17.1. The second-order valence-corrected chi connectivity index (χ2v) is 17.1. The first-order chi connectivity index (χ1) is 32.5. The van der Waals surface area contributed by atoms with Crippen molar-refractivity contribution in [3.05, 3.63) is 0 Å². The van der Waals surface area contributed by atoms with Gasteiger partial charge in [0.25, 0.3) is 6.47 Å². The van der Waals surface area contributed by atoms with Crippen molar-refractivity contribution in [3.8, 4) is 0 Å². The highest BCUT2D eigenvalue weighted by atomic mass is 16.8. The molecule has 22 heterocycles. The average molecular weight is 1000 g/mol. The van der Waals surface area contributed by atoms with Crippen LogP contribution in [0.15, 0.2) is 0 Å². The van der Waals surface area contributed by atoms with Gasteiger partial charge < -0.3 is 148 Å². The predicted octanol–water partition coefficient (Wildman–Crippen LogP) is -12.9. The Balaban J connectivity index is 1.21. The monoisotopic (exact) mass is 1000 g/mol. The summed E-state index contributed by atoms with van der Waals surface area (Å²) in [6.45, 7) is -6.24. The summed E-state index contributed by atoms with van der Waals surface area (Å²) in [7, 11) is 0. The van der Waals surface area contributed by atoms with Crippen LogP contribution in [0.1, 0.15) is 0 Å². The van der Waals surface area contributed by atoms with Gasteiger partial charge in [0.05, 0.1) is 39.6 Å². The van der Waals surface area contributed by atoms with Crippen LogP contribution in [-0.4, -0.2) is 317 Å². The zero-order chi connectivity index (χ0) is 49.5. The zero-order valence-corrected chi connectivity index (χ0v) is 35.5. The van der Waals surface area contributed by atoms with E-state index in [1.165, 1.54) is 0 Å². The Hall–Kier alpha value is -1.69. The maximum absolute atomic E-state index is 11.7. The molecule has 0 saturated carbocycles. The normalized spacial score (nSPS) is 54.0. The summed E-state index contributed by atoms with van der Waals surface area (Å²) in [4.78, 5) is 11.7. The van der Waals surface area contributed by atoms with Crippen LogP contribution in [0.5, 0.6) is 0 Å². The minimum Gasteiger partial charge on any atom is -0.459 e. The van der Waals surface area contributed by atoms with E-state index >= 15 is 0 Å². The number of rotatable bonds is 8. The Labute approximate surface area is 383 Å². The first-order valence-electron chi connectivity index (χ1n) is 21.6. The Morgan fingerprint density at radius 2 is 0.471 bits per heavy atom. The first-order valence-corrected chi connectivity index (χ1v) is 21.6. The van der Waals surface area contributed by atoms with Crippen molar-refractivity contribution in [2.24, 2.45) is 0 Å². The molecule has 12 bridgehead atoms. The van der Waals surface area contributed by atoms with Crippen molar-refractivity contribution in [2.75, 3.05) is 39.6 Å². The van der Waals surface area contributed by atoms with Crippen molar-refractivity contribution in [2.45, 2.75) is 184 Å². The van der Waals surface area contributed by atoms with Crippen LogP contribution in [0.2, 0.25) is 0 Å². The summed E-state index contributed by atoms with van der Waals surface area (Å²) < 4.78 is 73.3. The van der Waals surface area contributed by atoms with E-state index in [1.807, 2.05) is 0 Å². The molecule has 0 amide bonds. The molecule has 22 fully saturated rings. The molecule has 0 radical (unpaired) electrons. The number of carbonyl (C=O) groups is 1. The van der Waals surface area contributed by atoms with Crippen molar-refractivity contribution in [1.82, 2.24) is 0 Å². The highest BCUT2D eigenvalue weighted by Crippen LogP contribution is 2.38. The summed E-state index contributed by atoms with van der Waals surface area (Å²) in [5.41, 5.74) is 0. The molecule has 31 heteroatoms. The number of aliphatic hydroxyl groups excluding tert-OH is 17. The topological polar surface area (TPSA) is 481 Å². The minimum absolute atomic E-state index is 0.149. The van der Waals surface area contributed by atoms with Crippen molar-refractivity contribution < 1.29 is 153 Å². The number of carbonyl (C=O) groups excluding carboxylic acids is 1. The molecule has 22 rings (SSSR count). The lowest BCUT2D eigenvalue weighted by Gasteiger charge is -2.50. The van der Waals surface area contributed by atoms with Crippen LogP contribution in [0.4, 0.5) is 0 Å². The highest BCUT2D eigenvalue weighted by molar-refractivity contribution is 5.38. The van der Waals surface area contributed by atoms with E-state index in [9.17, 15) is 91.6 Å². The van der Waals surface area contributed by atoms with E-state index in [4.69, 9.17) is 61.6 Å². The largest absolute Gasteiger partial charge is 0.459 e. The van der Waals surface area contributed by atoms with Gasteiger partial charge in [0.1, 0.15) is 140 Å². The van der Waals surface area contributed by atoms with Crippen LogP contribution in [-0.2, 0) is 66.4 Å². The van der Waals surface area contributed by atoms with Crippen LogP contribution in [0.3, 0.4) is 0 Å². The van der Waals surface area contributed by atoms with E-state index < -0.39 is 224 Å². The van der Waals surface area contributed by atoms with Gasteiger partial charge in [-0.05, 0) is 0 Å². The van der Waals surface area contributed by atoms with Gasteiger partial charge >= 0.3 is 0 Å². The molecular formula is C37H60O31. The third kappa shape index (κ3) is 10.4. The molecule has 0 aliphatic carbocycles. The molecule has 22 aliphatic rings. The van der Waals surface area contributed by atoms with Crippen molar-refractivity contribution in [1.29, 1.82) is 0 Å².